The minimum absolute atomic E-state index is 0.00760. The van der Waals surface area contributed by atoms with Gasteiger partial charge in [-0.3, -0.25) is 14.2 Å². The number of nitrogens with zero attached hydrogens (tertiary/aromatic N) is 2. The summed E-state index contributed by atoms with van der Waals surface area (Å²) < 4.78 is 12.2. The molecule has 0 saturated heterocycles. The zero-order valence-corrected chi connectivity index (χ0v) is 19.3. The fourth-order valence-electron chi connectivity index (χ4n) is 3.28. The van der Waals surface area contributed by atoms with E-state index in [1.807, 2.05) is 25.1 Å². The Morgan fingerprint density at radius 2 is 2.10 bits per heavy atom. The van der Waals surface area contributed by atoms with Gasteiger partial charge >= 0.3 is 0 Å². The number of hydrogen-bond donors (Lipinski definition) is 1. The summed E-state index contributed by atoms with van der Waals surface area (Å²) >= 11 is 2.91. The molecular weight excluding hydrogens is 422 g/mol. The van der Waals surface area contributed by atoms with Crippen molar-refractivity contribution < 1.29 is 14.3 Å². The monoisotopic (exact) mass is 449 g/mol. The Balaban J connectivity index is 1.55. The molecule has 1 aliphatic rings. The highest BCUT2D eigenvalue weighted by molar-refractivity contribution is 8.00. The van der Waals surface area contributed by atoms with Crippen molar-refractivity contribution in [2.45, 2.75) is 48.5 Å². The van der Waals surface area contributed by atoms with Crippen LogP contribution in [0.15, 0.2) is 33.0 Å². The minimum atomic E-state index is -0.0828. The molecule has 2 aromatic rings. The van der Waals surface area contributed by atoms with Crippen molar-refractivity contribution in [1.29, 1.82) is 0 Å². The molecule has 0 aliphatic carbocycles. The van der Waals surface area contributed by atoms with Crippen LogP contribution in [0.2, 0.25) is 0 Å². The van der Waals surface area contributed by atoms with Gasteiger partial charge in [-0.25, -0.2) is 4.98 Å². The quantitative estimate of drug-likeness (QED) is 0.466. The number of amides is 1. The lowest BCUT2D eigenvalue weighted by atomic mass is 10.1. The first-order valence-corrected chi connectivity index (χ1v) is 11.7. The number of carbonyl (C=O) groups excluding carboxylic acids is 1. The lowest BCUT2D eigenvalue weighted by Crippen LogP contribution is -2.28. The maximum absolute atomic E-state index is 12.7. The molecule has 7 nitrogen and oxygen atoms in total. The summed E-state index contributed by atoms with van der Waals surface area (Å²) in [7, 11) is 3.20. The van der Waals surface area contributed by atoms with Crippen molar-refractivity contribution in [3.05, 3.63) is 39.8 Å². The van der Waals surface area contributed by atoms with Gasteiger partial charge in [0, 0.05) is 24.8 Å². The molecule has 1 atom stereocenters. The molecule has 1 aromatic heterocycles. The predicted octanol–water partition coefficient (Wildman–Crippen LogP) is 2.77. The van der Waals surface area contributed by atoms with E-state index >= 15 is 0 Å². The number of methoxy groups -OCH3 is 2. The molecule has 1 N–H and O–H groups in total. The first-order valence-electron chi connectivity index (χ1n) is 9.87. The molecule has 0 bridgehead atoms. The average Bonchev–Trinajstić information content (AvgIpc) is 3.12. The van der Waals surface area contributed by atoms with Gasteiger partial charge in [-0.15, -0.1) is 11.8 Å². The van der Waals surface area contributed by atoms with Crippen LogP contribution in [0.5, 0.6) is 11.5 Å². The van der Waals surface area contributed by atoms with Crippen molar-refractivity contribution in [3.8, 4) is 11.5 Å². The van der Waals surface area contributed by atoms with Crippen LogP contribution >= 0.6 is 23.5 Å². The number of aromatic nitrogens is 2. The summed E-state index contributed by atoms with van der Waals surface area (Å²) in [6.45, 7) is 5.07. The van der Waals surface area contributed by atoms with Gasteiger partial charge in [0.2, 0.25) is 5.91 Å². The van der Waals surface area contributed by atoms with Gasteiger partial charge in [0.15, 0.2) is 16.7 Å². The van der Waals surface area contributed by atoms with Gasteiger partial charge in [-0.2, -0.15) is 0 Å². The van der Waals surface area contributed by atoms with Crippen LogP contribution in [0.3, 0.4) is 0 Å². The molecule has 30 heavy (non-hydrogen) atoms. The summed E-state index contributed by atoms with van der Waals surface area (Å²) in [5.41, 5.74) is 1.92. The molecule has 1 unspecified atom stereocenters. The summed E-state index contributed by atoms with van der Waals surface area (Å²) in [6.07, 6.45) is 1.48. The number of carbonyl (C=O) groups is 1. The Bertz CT molecular complexity index is 977. The Morgan fingerprint density at radius 3 is 2.80 bits per heavy atom. The zero-order chi connectivity index (χ0) is 21.7. The van der Waals surface area contributed by atoms with Crippen molar-refractivity contribution >= 4 is 29.4 Å². The van der Waals surface area contributed by atoms with E-state index < -0.39 is 0 Å². The second-order valence-corrected chi connectivity index (χ2v) is 9.32. The lowest BCUT2D eigenvalue weighted by Gasteiger charge is -2.12. The fraction of sp³-hybridized carbons (Fsp3) is 0.476. The molecule has 1 aliphatic heterocycles. The van der Waals surface area contributed by atoms with E-state index in [1.165, 1.54) is 11.8 Å². The summed E-state index contributed by atoms with van der Waals surface area (Å²) in [6, 6.07) is 5.72. The van der Waals surface area contributed by atoms with E-state index in [0.29, 0.717) is 41.4 Å². The van der Waals surface area contributed by atoms with Gasteiger partial charge in [0.05, 0.1) is 30.6 Å². The topological polar surface area (TPSA) is 82.5 Å². The molecule has 9 heteroatoms. The lowest BCUT2D eigenvalue weighted by molar-refractivity contribution is -0.118. The summed E-state index contributed by atoms with van der Waals surface area (Å²) in [5.74, 6) is 1.49. The molecule has 0 radical (unpaired) electrons. The summed E-state index contributed by atoms with van der Waals surface area (Å²) in [4.78, 5) is 30.4. The molecular formula is C21H27N3O4S2. The van der Waals surface area contributed by atoms with Crippen LogP contribution in [-0.4, -0.2) is 47.2 Å². The normalized spacial score (nSPS) is 15.0. The maximum Gasteiger partial charge on any atom is 0.268 e. The molecule has 1 amide bonds. The molecule has 0 saturated carbocycles. The standard InChI is InChI=1S/C21H27N3O4S2/c1-5-24-20(26)19-15(10-13(2)30-19)23-21(24)29-12-18(25)22-9-8-14-6-7-16(27-3)17(11-14)28-4/h6-7,11,13H,5,8-10,12H2,1-4H3,(H,22,25). The number of hydrogen-bond acceptors (Lipinski definition) is 7. The fourth-order valence-corrected chi connectivity index (χ4v) is 5.31. The van der Waals surface area contributed by atoms with Crippen molar-refractivity contribution in [1.82, 2.24) is 14.9 Å². The maximum atomic E-state index is 12.7. The van der Waals surface area contributed by atoms with E-state index in [2.05, 4.69) is 17.2 Å². The Hall–Kier alpha value is -2.13. The van der Waals surface area contributed by atoms with Crippen LogP contribution in [0, 0.1) is 0 Å². The number of rotatable bonds is 9. The Labute approximate surface area is 184 Å². The van der Waals surface area contributed by atoms with Gasteiger partial charge in [-0.05, 0) is 31.0 Å². The van der Waals surface area contributed by atoms with Crippen molar-refractivity contribution in [3.63, 3.8) is 0 Å². The second-order valence-electron chi connectivity index (χ2n) is 6.93. The van der Waals surface area contributed by atoms with Crippen LogP contribution in [0.1, 0.15) is 25.1 Å². The first kappa shape index (κ1) is 22.6. The predicted molar refractivity (Wildman–Crippen MR) is 120 cm³/mol. The van der Waals surface area contributed by atoms with Gasteiger partial charge in [0.25, 0.3) is 5.56 Å². The van der Waals surface area contributed by atoms with E-state index in [4.69, 9.17) is 9.47 Å². The largest absolute Gasteiger partial charge is 0.493 e. The number of ether oxygens (including phenoxy) is 2. The Morgan fingerprint density at radius 1 is 1.33 bits per heavy atom. The van der Waals surface area contributed by atoms with Crippen LogP contribution < -0.4 is 20.3 Å². The highest BCUT2D eigenvalue weighted by Gasteiger charge is 2.26. The molecule has 2 heterocycles. The third-order valence-electron chi connectivity index (χ3n) is 4.80. The highest BCUT2D eigenvalue weighted by Crippen LogP contribution is 2.34. The minimum Gasteiger partial charge on any atom is -0.493 e. The van der Waals surface area contributed by atoms with Crippen LogP contribution in [0.4, 0.5) is 0 Å². The number of thioether (sulfide) groups is 2. The van der Waals surface area contributed by atoms with Crippen molar-refractivity contribution in [2.24, 2.45) is 0 Å². The van der Waals surface area contributed by atoms with Crippen LogP contribution in [0.25, 0.3) is 0 Å². The SMILES string of the molecule is CCn1c(SCC(=O)NCCc2ccc(OC)c(OC)c2)nc2c(c1=O)SC(C)C2. The second kappa shape index (κ2) is 10.3. The highest BCUT2D eigenvalue weighted by atomic mass is 32.2. The number of fused-ring (bicyclic) bond motifs is 1. The van der Waals surface area contributed by atoms with E-state index in [-0.39, 0.29) is 17.2 Å². The molecule has 0 spiro atoms. The van der Waals surface area contributed by atoms with E-state index in [1.54, 1.807) is 30.5 Å². The van der Waals surface area contributed by atoms with Crippen LogP contribution in [-0.2, 0) is 24.2 Å². The van der Waals surface area contributed by atoms with Crippen molar-refractivity contribution in [2.75, 3.05) is 26.5 Å². The van der Waals surface area contributed by atoms with Gasteiger partial charge in [-0.1, -0.05) is 24.8 Å². The molecule has 162 valence electrons. The third-order valence-corrected chi connectivity index (χ3v) is 6.99. The molecule has 0 fully saturated rings. The van der Waals surface area contributed by atoms with Gasteiger partial charge < -0.3 is 14.8 Å². The molecule has 1 aromatic carbocycles. The first-order chi connectivity index (χ1) is 14.5. The van der Waals surface area contributed by atoms with E-state index in [0.717, 1.165) is 22.6 Å². The third kappa shape index (κ3) is 5.13. The Kier molecular flexibility index (Phi) is 7.71. The summed E-state index contributed by atoms with van der Waals surface area (Å²) in [5, 5.41) is 3.91. The van der Waals surface area contributed by atoms with Gasteiger partial charge in [0.1, 0.15) is 0 Å². The zero-order valence-electron chi connectivity index (χ0n) is 17.7. The van der Waals surface area contributed by atoms with E-state index in [9.17, 15) is 9.59 Å². The smallest absolute Gasteiger partial charge is 0.268 e. The molecule has 3 rings (SSSR count). The average molecular weight is 450 g/mol. The number of benzene rings is 1. The number of nitrogens with one attached hydrogen (secondary N) is 1.